The van der Waals surface area contributed by atoms with Crippen molar-refractivity contribution in [2.24, 2.45) is 0 Å². The lowest BCUT2D eigenvalue weighted by atomic mass is 10.1. The number of nitrogens with one attached hydrogen (secondary N) is 1. The summed E-state index contributed by atoms with van der Waals surface area (Å²) in [5.74, 6) is -1.75. The van der Waals surface area contributed by atoms with E-state index >= 15 is 0 Å². The van der Waals surface area contributed by atoms with Gasteiger partial charge in [-0.2, -0.15) is 0 Å². The molecule has 2 heterocycles. The van der Waals surface area contributed by atoms with E-state index in [4.69, 9.17) is 4.74 Å². The third-order valence-electron chi connectivity index (χ3n) is 3.59. The maximum Gasteiger partial charge on any atom is 0.168 e. The molecule has 0 amide bonds. The molecule has 0 spiro atoms. The maximum atomic E-state index is 13.9. The van der Waals surface area contributed by atoms with E-state index in [0.29, 0.717) is 12.3 Å². The number of nitrogens with zero attached hydrogens (tertiary/aromatic N) is 1. The quantitative estimate of drug-likeness (QED) is 0.940. The molecule has 0 radical (unpaired) electrons. The fraction of sp³-hybridized carbons (Fsp3) is 0.312. The minimum absolute atomic E-state index is 0.162. The zero-order valence-corrected chi connectivity index (χ0v) is 11.5. The first-order chi connectivity index (χ1) is 10.3. The fourth-order valence-corrected chi connectivity index (χ4v) is 2.46. The van der Waals surface area contributed by atoms with Crippen molar-refractivity contribution in [1.82, 2.24) is 10.3 Å². The van der Waals surface area contributed by atoms with Gasteiger partial charge in [-0.25, -0.2) is 8.78 Å². The van der Waals surface area contributed by atoms with Crippen molar-refractivity contribution in [2.75, 3.05) is 13.1 Å². The van der Waals surface area contributed by atoms with Gasteiger partial charge < -0.3 is 10.1 Å². The molecular weight excluding hydrogens is 274 g/mol. The summed E-state index contributed by atoms with van der Waals surface area (Å²) in [6.07, 6.45) is 2.69. The molecule has 1 aliphatic rings. The molecule has 1 fully saturated rings. The van der Waals surface area contributed by atoms with Crippen LogP contribution < -0.4 is 5.32 Å². The largest absolute Gasteiger partial charge is 0.372 e. The maximum absolute atomic E-state index is 13.9. The molecule has 1 N–H and O–H groups in total. The number of halogens is 2. The lowest BCUT2D eigenvalue weighted by Gasteiger charge is -2.13. The smallest absolute Gasteiger partial charge is 0.168 e. The monoisotopic (exact) mass is 290 g/mol. The Balaban J connectivity index is 1.86. The van der Waals surface area contributed by atoms with E-state index < -0.39 is 11.6 Å². The van der Waals surface area contributed by atoms with E-state index in [1.54, 1.807) is 12.3 Å². The average molecular weight is 290 g/mol. The van der Waals surface area contributed by atoms with Gasteiger partial charge >= 0.3 is 0 Å². The Hall–Kier alpha value is -1.85. The van der Waals surface area contributed by atoms with Gasteiger partial charge in [-0.3, -0.25) is 4.98 Å². The third-order valence-corrected chi connectivity index (χ3v) is 3.59. The van der Waals surface area contributed by atoms with Crippen LogP contribution >= 0.6 is 0 Å². The van der Waals surface area contributed by atoms with Gasteiger partial charge in [-0.15, -0.1) is 0 Å². The molecule has 21 heavy (non-hydrogen) atoms. The Morgan fingerprint density at radius 3 is 2.95 bits per heavy atom. The Morgan fingerprint density at radius 1 is 1.24 bits per heavy atom. The Kier molecular flexibility index (Phi) is 4.22. The highest BCUT2D eigenvalue weighted by molar-refractivity contribution is 5.63. The zero-order valence-electron chi connectivity index (χ0n) is 11.5. The number of pyridine rings is 1. The average Bonchev–Trinajstić information content (AvgIpc) is 3.02. The van der Waals surface area contributed by atoms with Gasteiger partial charge in [0.15, 0.2) is 11.6 Å². The van der Waals surface area contributed by atoms with Crippen molar-refractivity contribution in [3.05, 3.63) is 53.7 Å². The van der Waals surface area contributed by atoms with Crippen molar-refractivity contribution >= 4 is 0 Å². The molecule has 1 saturated heterocycles. The van der Waals surface area contributed by atoms with Gasteiger partial charge in [0.05, 0.1) is 18.4 Å². The normalized spacial score (nSPS) is 18.1. The molecule has 1 aromatic heterocycles. The van der Waals surface area contributed by atoms with Crippen LogP contribution in [-0.4, -0.2) is 24.2 Å². The van der Waals surface area contributed by atoms with Gasteiger partial charge in [0.2, 0.25) is 0 Å². The van der Waals surface area contributed by atoms with Gasteiger partial charge in [0, 0.05) is 23.9 Å². The van der Waals surface area contributed by atoms with Crippen molar-refractivity contribution in [3.63, 3.8) is 0 Å². The molecule has 1 atom stereocenters. The van der Waals surface area contributed by atoms with E-state index in [2.05, 4.69) is 10.3 Å². The van der Waals surface area contributed by atoms with E-state index in [9.17, 15) is 8.78 Å². The van der Waals surface area contributed by atoms with Crippen LogP contribution in [0.1, 0.15) is 12.0 Å². The van der Waals surface area contributed by atoms with Crippen molar-refractivity contribution in [2.45, 2.75) is 19.1 Å². The van der Waals surface area contributed by atoms with E-state index in [-0.39, 0.29) is 11.7 Å². The summed E-state index contributed by atoms with van der Waals surface area (Å²) in [6, 6.07) is 7.71. The first-order valence-electron chi connectivity index (χ1n) is 6.96. The van der Waals surface area contributed by atoms with Crippen LogP contribution in [0.15, 0.2) is 36.5 Å². The zero-order chi connectivity index (χ0) is 14.7. The molecule has 3 nitrogen and oxygen atoms in total. The van der Waals surface area contributed by atoms with Crippen LogP contribution in [0.4, 0.5) is 8.78 Å². The molecule has 0 bridgehead atoms. The molecular formula is C16H16F2N2O. The van der Waals surface area contributed by atoms with Crippen molar-refractivity contribution in [1.29, 1.82) is 0 Å². The van der Waals surface area contributed by atoms with Crippen LogP contribution in [0.25, 0.3) is 11.3 Å². The number of rotatable bonds is 4. The molecule has 1 unspecified atom stereocenters. The summed E-state index contributed by atoms with van der Waals surface area (Å²) in [5.41, 5.74) is 1.35. The Labute approximate surface area is 122 Å². The number of hydrogen-bond donors (Lipinski definition) is 1. The summed E-state index contributed by atoms with van der Waals surface area (Å²) in [6.45, 7) is 2.11. The number of benzene rings is 1. The van der Waals surface area contributed by atoms with Crippen LogP contribution in [0, 0.1) is 11.6 Å². The molecule has 5 heteroatoms. The summed E-state index contributed by atoms with van der Waals surface area (Å²) in [5, 5.41) is 3.22. The molecule has 2 aromatic rings. The SMILES string of the molecule is Fc1cccc(-c2ncccc2COC2CCNC2)c1F. The second-order valence-electron chi connectivity index (χ2n) is 5.04. The predicted octanol–water partition coefficient (Wildman–Crippen LogP) is 2.91. The van der Waals surface area contributed by atoms with Crippen molar-refractivity contribution < 1.29 is 13.5 Å². The molecule has 0 saturated carbocycles. The first kappa shape index (κ1) is 14.1. The Bertz CT molecular complexity index is 627. The summed E-state index contributed by atoms with van der Waals surface area (Å²) >= 11 is 0. The van der Waals surface area contributed by atoms with Gasteiger partial charge in [-0.05, 0) is 31.2 Å². The van der Waals surface area contributed by atoms with Crippen LogP contribution in [-0.2, 0) is 11.3 Å². The van der Waals surface area contributed by atoms with E-state index in [1.807, 2.05) is 6.07 Å². The standard InChI is InChI=1S/C16H16F2N2O/c17-14-5-1-4-13(15(14)18)16-11(3-2-7-20-16)10-21-12-6-8-19-9-12/h1-5,7,12,19H,6,8-10H2. The van der Waals surface area contributed by atoms with Gasteiger partial charge in [0.25, 0.3) is 0 Å². The molecule has 1 aliphatic heterocycles. The highest BCUT2D eigenvalue weighted by Crippen LogP contribution is 2.26. The Morgan fingerprint density at radius 2 is 2.14 bits per heavy atom. The summed E-state index contributed by atoms with van der Waals surface area (Å²) in [4.78, 5) is 4.19. The second kappa shape index (κ2) is 6.28. The van der Waals surface area contributed by atoms with Gasteiger partial charge in [-0.1, -0.05) is 12.1 Å². The highest BCUT2D eigenvalue weighted by atomic mass is 19.2. The van der Waals surface area contributed by atoms with E-state index in [0.717, 1.165) is 31.1 Å². The summed E-state index contributed by atoms with van der Waals surface area (Å²) < 4.78 is 33.1. The molecule has 0 aliphatic carbocycles. The lowest BCUT2D eigenvalue weighted by molar-refractivity contribution is 0.0543. The van der Waals surface area contributed by atoms with Crippen LogP contribution in [0.3, 0.4) is 0 Å². The minimum Gasteiger partial charge on any atom is -0.372 e. The van der Waals surface area contributed by atoms with Crippen molar-refractivity contribution in [3.8, 4) is 11.3 Å². The molecule has 1 aromatic carbocycles. The van der Waals surface area contributed by atoms with Gasteiger partial charge in [0.1, 0.15) is 0 Å². The second-order valence-corrected chi connectivity index (χ2v) is 5.04. The van der Waals surface area contributed by atoms with Crippen LogP contribution in [0.2, 0.25) is 0 Å². The third kappa shape index (κ3) is 3.09. The predicted molar refractivity (Wildman–Crippen MR) is 75.7 cm³/mol. The molecule has 3 rings (SSSR count). The lowest BCUT2D eigenvalue weighted by Crippen LogP contribution is -2.16. The minimum atomic E-state index is -0.875. The number of hydrogen-bond acceptors (Lipinski definition) is 3. The van der Waals surface area contributed by atoms with Crippen LogP contribution in [0.5, 0.6) is 0 Å². The fourth-order valence-electron chi connectivity index (χ4n) is 2.46. The van der Waals surface area contributed by atoms with E-state index in [1.165, 1.54) is 12.1 Å². The number of ether oxygens (including phenoxy) is 1. The topological polar surface area (TPSA) is 34.1 Å². The molecule has 110 valence electrons. The highest BCUT2D eigenvalue weighted by Gasteiger charge is 2.18. The first-order valence-corrected chi connectivity index (χ1v) is 6.96. The summed E-state index contributed by atoms with van der Waals surface area (Å²) in [7, 11) is 0. The number of aromatic nitrogens is 1.